The van der Waals surface area contributed by atoms with Crippen LogP contribution in [0.5, 0.6) is 0 Å². The lowest BCUT2D eigenvalue weighted by Gasteiger charge is -2.06. The molecule has 0 unspecified atom stereocenters. The van der Waals surface area contributed by atoms with Crippen LogP contribution in [0.1, 0.15) is 0 Å². The zero-order chi connectivity index (χ0) is 10.8. The maximum Gasteiger partial charge on any atom is -0.0105 e. The van der Waals surface area contributed by atoms with Gasteiger partial charge in [-0.2, -0.15) is 0 Å². The van der Waals surface area contributed by atoms with Crippen LogP contribution in [0.4, 0.5) is 0 Å². The van der Waals surface area contributed by atoms with Gasteiger partial charge in [0.1, 0.15) is 0 Å². The van der Waals surface area contributed by atoms with Crippen LogP contribution in [0.3, 0.4) is 0 Å². The van der Waals surface area contributed by atoms with Crippen LogP contribution >= 0.6 is 0 Å². The molecule has 0 aliphatic heterocycles. The Morgan fingerprint density at radius 1 is 0.750 bits per heavy atom. The third kappa shape index (κ3) is 1.49. The standard InChI is InChI=1S/C16H11/c1-2-7-13(8-3-1)16-12-6-10-14-9-4-5-11-15(14)16/h1-2,4-12H. The fourth-order valence-corrected chi connectivity index (χ4v) is 2.04. The van der Waals surface area contributed by atoms with Crippen LogP contribution in [-0.2, 0) is 0 Å². The van der Waals surface area contributed by atoms with Gasteiger partial charge in [-0.15, -0.1) is 0 Å². The first kappa shape index (κ1) is 9.17. The summed E-state index contributed by atoms with van der Waals surface area (Å²) in [6, 6.07) is 26.1. The highest BCUT2D eigenvalue weighted by Crippen LogP contribution is 2.27. The number of rotatable bonds is 1. The van der Waals surface area contributed by atoms with E-state index < -0.39 is 0 Å². The lowest BCUT2D eigenvalue weighted by molar-refractivity contribution is 1.64. The lowest BCUT2D eigenvalue weighted by Crippen LogP contribution is -1.80. The van der Waals surface area contributed by atoms with Crippen molar-refractivity contribution in [2.24, 2.45) is 0 Å². The Hall–Kier alpha value is -2.08. The van der Waals surface area contributed by atoms with Crippen LogP contribution in [0, 0.1) is 6.07 Å². The number of hydrogen-bond donors (Lipinski definition) is 0. The predicted octanol–water partition coefficient (Wildman–Crippen LogP) is 4.31. The van der Waals surface area contributed by atoms with E-state index in [2.05, 4.69) is 54.6 Å². The molecule has 0 atom stereocenters. The molecular weight excluding hydrogens is 192 g/mol. The molecule has 0 aromatic heterocycles. The Balaban J connectivity index is 2.32. The fourth-order valence-electron chi connectivity index (χ4n) is 2.04. The molecule has 0 heterocycles. The Bertz CT molecular complexity index is 604. The minimum Gasteiger partial charge on any atom is -0.0616 e. The van der Waals surface area contributed by atoms with Crippen molar-refractivity contribution in [1.29, 1.82) is 0 Å². The number of fused-ring (bicyclic) bond motifs is 1. The summed E-state index contributed by atoms with van der Waals surface area (Å²) in [5.41, 5.74) is 2.49. The van der Waals surface area contributed by atoms with E-state index in [0.717, 1.165) is 0 Å². The second-order valence-corrected chi connectivity index (χ2v) is 3.82. The van der Waals surface area contributed by atoms with Crippen molar-refractivity contribution in [3.8, 4) is 11.1 Å². The van der Waals surface area contributed by atoms with Crippen molar-refractivity contribution in [3.05, 3.63) is 72.8 Å². The van der Waals surface area contributed by atoms with Gasteiger partial charge in [-0.3, -0.25) is 0 Å². The second-order valence-electron chi connectivity index (χ2n) is 3.82. The number of benzene rings is 3. The lowest BCUT2D eigenvalue weighted by atomic mass is 9.98. The summed E-state index contributed by atoms with van der Waals surface area (Å²) >= 11 is 0. The summed E-state index contributed by atoms with van der Waals surface area (Å²) in [6.45, 7) is 0. The summed E-state index contributed by atoms with van der Waals surface area (Å²) in [4.78, 5) is 0. The van der Waals surface area contributed by atoms with Gasteiger partial charge in [0, 0.05) is 0 Å². The molecule has 0 saturated heterocycles. The van der Waals surface area contributed by atoms with E-state index >= 15 is 0 Å². The van der Waals surface area contributed by atoms with Crippen molar-refractivity contribution in [3.63, 3.8) is 0 Å². The summed E-state index contributed by atoms with van der Waals surface area (Å²) in [5, 5.41) is 2.58. The predicted molar refractivity (Wildman–Crippen MR) is 68.2 cm³/mol. The van der Waals surface area contributed by atoms with Gasteiger partial charge in [0.25, 0.3) is 0 Å². The van der Waals surface area contributed by atoms with Gasteiger partial charge in [-0.1, -0.05) is 60.7 Å². The molecular formula is C16H11. The minimum atomic E-state index is 1.22. The van der Waals surface area contributed by atoms with Crippen molar-refractivity contribution >= 4 is 10.8 Å². The Morgan fingerprint density at radius 3 is 2.50 bits per heavy atom. The van der Waals surface area contributed by atoms with Crippen LogP contribution in [0.25, 0.3) is 21.9 Å². The highest BCUT2D eigenvalue weighted by molar-refractivity contribution is 5.96. The molecule has 0 heteroatoms. The summed E-state index contributed by atoms with van der Waals surface area (Å²) < 4.78 is 0. The molecule has 0 N–H and O–H groups in total. The molecule has 0 aliphatic carbocycles. The smallest absolute Gasteiger partial charge is 0.0105 e. The molecule has 3 aromatic carbocycles. The van der Waals surface area contributed by atoms with E-state index in [4.69, 9.17) is 0 Å². The van der Waals surface area contributed by atoms with Crippen molar-refractivity contribution in [1.82, 2.24) is 0 Å². The van der Waals surface area contributed by atoms with E-state index in [1.54, 1.807) is 0 Å². The van der Waals surface area contributed by atoms with Gasteiger partial charge in [-0.25, -0.2) is 0 Å². The highest BCUT2D eigenvalue weighted by Gasteiger charge is 2.01. The molecule has 1 radical (unpaired) electrons. The third-order valence-corrected chi connectivity index (χ3v) is 2.81. The van der Waals surface area contributed by atoms with E-state index in [1.165, 1.54) is 21.9 Å². The van der Waals surface area contributed by atoms with Crippen LogP contribution in [0.15, 0.2) is 66.7 Å². The summed E-state index contributed by atoms with van der Waals surface area (Å²) in [5.74, 6) is 0. The van der Waals surface area contributed by atoms with Crippen molar-refractivity contribution in [2.45, 2.75) is 0 Å². The minimum absolute atomic E-state index is 1.22. The van der Waals surface area contributed by atoms with Crippen LogP contribution < -0.4 is 0 Å². The first-order chi connectivity index (χ1) is 7.95. The number of hydrogen-bond acceptors (Lipinski definition) is 0. The van der Waals surface area contributed by atoms with Gasteiger partial charge in [0.2, 0.25) is 0 Å². The van der Waals surface area contributed by atoms with Gasteiger partial charge in [0.05, 0.1) is 0 Å². The first-order valence-electron chi connectivity index (χ1n) is 5.39. The normalized spacial score (nSPS) is 10.5. The summed E-state index contributed by atoms with van der Waals surface area (Å²) in [7, 11) is 0. The maximum absolute atomic E-state index is 3.12. The molecule has 0 aliphatic rings. The topological polar surface area (TPSA) is 0 Å². The van der Waals surface area contributed by atoms with Crippen LogP contribution in [0.2, 0.25) is 0 Å². The Kier molecular flexibility index (Phi) is 2.19. The third-order valence-electron chi connectivity index (χ3n) is 2.81. The van der Waals surface area contributed by atoms with Gasteiger partial charge in [0.15, 0.2) is 0 Å². The molecule has 0 amide bonds. The van der Waals surface area contributed by atoms with Crippen LogP contribution in [-0.4, -0.2) is 0 Å². The quantitative estimate of drug-likeness (QED) is 0.553. The van der Waals surface area contributed by atoms with E-state index in [-0.39, 0.29) is 0 Å². The fraction of sp³-hybridized carbons (Fsp3) is 0. The zero-order valence-electron chi connectivity index (χ0n) is 8.85. The summed E-state index contributed by atoms with van der Waals surface area (Å²) in [6.07, 6.45) is 0. The average molecular weight is 203 g/mol. The SMILES string of the molecule is [c]1cccc(-c2cccc3ccccc23)c1. The van der Waals surface area contributed by atoms with E-state index in [0.29, 0.717) is 0 Å². The second kappa shape index (κ2) is 3.82. The largest absolute Gasteiger partial charge is 0.0616 e. The molecule has 3 rings (SSSR count). The monoisotopic (exact) mass is 203 g/mol. The average Bonchev–Trinajstić information content (AvgIpc) is 2.39. The zero-order valence-corrected chi connectivity index (χ0v) is 8.85. The molecule has 0 saturated carbocycles. The Morgan fingerprint density at radius 2 is 1.62 bits per heavy atom. The molecule has 3 aromatic rings. The van der Waals surface area contributed by atoms with Gasteiger partial charge >= 0.3 is 0 Å². The molecule has 16 heavy (non-hydrogen) atoms. The molecule has 0 fully saturated rings. The molecule has 75 valence electrons. The van der Waals surface area contributed by atoms with Gasteiger partial charge in [-0.05, 0) is 34.0 Å². The highest BCUT2D eigenvalue weighted by atomic mass is 14.0. The van der Waals surface area contributed by atoms with Gasteiger partial charge < -0.3 is 0 Å². The van der Waals surface area contributed by atoms with E-state index in [9.17, 15) is 0 Å². The molecule has 0 bridgehead atoms. The Labute approximate surface area is 95.2 Å². The molecule has 0 nitrogen and oxygen atoms in total. The van der Waals surface area contributed by atoms with E-state index in [1.807, 2.05) is 18.2 Å². The maximum atomic E-state index is 3.12. The van der Waals surface area contributed by atoms with Crippen molar-refractivity contribution in [2.75, 3.05) is 0 Å². The first-order valence-corrected chi connectivity index (χ1v) is 5.39. The molecule has 0 spiro atoms. The van der Waals surface area contributed by atoms with Crippen molar-refractivity contribution < 1.29 is 0 Å².